The van der Waals surface area contributed by atoms with E-state index < -0.39 is 6.10 Å². The quantitative estimate of drug-likeness (QED) is 0.788. The zero-order chi connectivity index (χ0) is 21.1. The maximum atomic E-state index is 12.9. The monoisotopic (exact) mass is 394 g/mol. The fourth-order valence-electron chi connectivity index (χ4n) is 3.61. The van der Waals surface area contributed by atoms with E-state index >= 15 is 0 Å². The van der Waals surface area contributed by atoms with E-state index in [0.717, 1.165) is 5.56 Å². The van der Waals surface area contributed by atoms with E-state index in [1.165, 1.54) is 10.5 Å². The van der Waals surface area contributed by atoms with Crippen LogP contribution >= 0.6 is 0 Å². The molecule has 0 fully saturated rings. The van der Waals surface area contributed by atoms with Crippen LogP contribution in [-0.4, -0.2) is 24.5 Å². The normalized spacial score (nSPS) is 17.1. The predicted octanol–water partition coefficient (Wildman–Crippen LogP) is 4.44. The van der Waals surface area contributed by atoms with Gasteiger partial charge in [0.2, 0.25) is 5.91 Å². The summed E-state index contributed by atoms with van der Waals surface area (Å²) >= 11 is 0. The maximum Gasteiger partial charge on any atom is 0.268 e. The molecule has 5 heteroatoms. The Morgan fingerprint density at radius 3 is 2.28 bits per heavy atom. The van der Waals surface area contributed by atoms with Gasteiger partial charge < -0.3 is 10.1 Å². The van der Waals surface area contributed by atoms with Gasteiger partial charge in [-0.3, -0.25) is 14.5 Å². The number of anilines is 1. The summed E-state index contributed by atoms with van der Waals surface area (Å²) in [6.07, 6.45) is -0.609. The molecule has 1 aliphatic rings. The molecule has 0 saturated carbocycles. The number of carbonyl (C=O) groups is 2. The molecule has 1 aliphatic heterocycles. The van der Waals surface area contributed by atoms with E-state index in [1.54, 1.807) is 13.0 Å². The Morgan fingerprint density at radius 1 is 1.03 bits per heavy atom. The third-order valence-electron chi connectivity index (χ3n) is 5.32. The molecule has 2 aromatic carbocycles. The first kappa shape index (κ1) is 20.9. The molecule has 1 N–H and O–H groups in total. The summed E-state index contributed by atoms with van der Waals surface area (Å²) in [5.74, 6) is 0.910. The predicted molar refractivity (Wildman–Crippen MR) is 115 cm³/mol. The zero-order valence-electron chi connectivity index (χ0n) is 17.8. The number of nitrogens with one attached hydrogen (secondary N) is 1. The van der Waals surface area contributed by atoms with Crippen molar-refractivity contribution >= 4 is 17.5 Å². The lowest BCUT2D eigenvalue weighted by atomic mass is 9.93. The topological polar surface area (TPSA) is 58.6 Å². The second kappa shape index (κ2) is 8.68. The van der Waals surface area contributed by atoms with Crippen molar-refractivity contribution in [2.75, 3.05) is 11.4 Å². The average molecular weight is 395 g/mol. The molecule has 2 atom stereocenters. The van der Waals surface area contributed by atoms with Crippen molar-refractivity contribution in [2.45, 2.75) is 52.7 Å². The SMILES string of the molecule is CC1Oc2ccccc2N(CC(=O)NC(c2ccc(C(C)C)cc2)C(C)C)C1=O. The van der Waals surface area contributed by atoms with E-state index in [-0.39, 0.29) is 30.3 Å². The summed E-state index contributed by atoms with van der Waals surface area (Å²) in [5.41, 5.74) is 2.97. The Labute approximate surface area is 173 Å². The van der Waals surface area contributed by atoms with Gasteiger partial charge in [0.05, 0.1) is 11.7 Å². The van der Waals surface area contributed by atoms with E-state index in [4.69, 9.17) is 4.74 Å². The van der Waals surface area contributed by atoms with E-state index in [2.05, 4.69) is 57.3 Å². The van der Waals surface area contributed by atoms with Gasteiger partial charge in [0, 0.05) is 0 Å². The number of carbonyl (C=O) groups excluding carboxylic acids is 2. The number of amides is 2. The number of ether oxygens (including phenoxy) is 1. The zero-order valence-corrected chi connectivity index (χ0v) is 17.8. The minimum absolute atomic E-state index is 0.0309. The summed E-state index contributed by atoms with van der Waals surface area (Å²) in [4.78, 5) is 27.0. The number of fused-ring (bicyclic) bond motifs is 1. The second-order valence-corrected chi connectivity index (χ2v) is 8.26. The number of para-hydroxylation sites is 2. The number of hydrogen-bond acceptors (Lipinski definition) is 3. The average Bonchev–Trinajstić information content (AvgIpc) is 2.69. The highest BCUT2D eigenvalue weighted by Crippen LogP contribution is 2.33. The molecule has 0 saturated heterocycles. The van der Waals surface area contributed by atoms with Crippen LogP contribution in [0, 0.1) is 5.92 Å². The van der Waals surface area contributed by atoms with Crippen molar-refractivity contribution in [1.29, 1.82) is 0 Å². The van der Waals surface area contributed by atoms with Gasteiger partial charge in [-0.15, -0.1) is 0 Å². The molecule has 5 nitrogen and oxygen atoms in total. The van der Waals surface area contributed by atoms with Crippen molar-refractivity contribution < 1.29 is 14.3 Å². The Hall–Kier alpha value is -2.82. The lowest BCUT2D eigenvalue weighted by molar-refractivity contribution is -0.128. The molecule has 154 valence electrons. The van der Waals surface area contributed by atoms with Gasteiger partial charge in [-0.1, -0.05) is 64.1 Å². The van der Waals surface area contributed by atoms with Crippen LogP contribution in [0.2, 0.25) is 0 Å². The molecule has 1 heterocycles. The Balaban J connectivity index is 1.76. The smallest absolute Gasteiger partial charge is 0.268 e. The van der Waals surface area contributed by atoms with Crippen molar-refractivity contribution in [3.63, 3.8) is 0 Å². The first-order valence-corrected chi connectivity index (χ1v) is 10.2. The Bertz CT molecular complexity index is 874. The van der Waals surface area contributed by atoms with Crippen LogP contribution in [0.4, 0.5) is 5.69 Å². The van der Waals surface area contributed by atoms with Gasteiger partial charge in [-0.25, -0.2) is 0 Å². The highest BCUT2D eigenvalue weighted by Gasteiger charge is 2.33. The molecule has 0 radical (unpaired) electrons. The first-order chi connectivity index (χ1) is 13.8. The lowest BCUT2D eigenvalue weighted by Gasteiger charge is -2.33. The molecule has 2 unspecified atom stereocenters. The molecule has 0 bridgehead atoms. The molecular formula is C24H30N2O3. The molecule has 29 heavy (non-hydrogen) atoms. The highest BCUT2D eigenvalue weighted by molar-refractivity contribution is 6.03. The number of rotatable bonds is 6. The Morgan fingerprint density at radius 2 is 1.66 bits per heavy atom. The molecule has 0 spiro atoms. The molecule has 3 rings (SSSR count). The van der Waals surface area contributed by atoms with E-state index in [1.807, 2.05) is 18.2 Å². The summed E-state index contributed by atoms with van der Waals surface area (Å²) in [6.45, 7) is 10.2. The van der Waals surface area contributed by atoms with Gasteiger partial charge in [0.25, 0.3) is 5.91 Å². The number of nitrogens with zero attached hydrogens (tertiary/aromatic N) is 1. The highest BCUT2D eigenvalue weighted by atomic mass is 16.5. The largest absolute Gasteiger partial charge is 0.479 e. The lowest BCUT2D eigenvalue weighted by Crippen LogP contribution is -2.49. The van der Waals surface area contributed by atoms with Crippen LogP contribution in [-0.2, 0) is 9.59 Å². The standard InChI is InChI=1S/C24H30N2O3/c1-15(2)18-10-12-19(13-11-18)23(16(3)4)25-22(27)14-26-20-8-6-7-9-21(20)29-17(5)24(26)28/h6-13,15-17,23H,14H2,1-5H3,(H,25,27). The van der Waals surface area contributed by atoms with Crippen LogP contribution in [0.1, 0.15) is 57.7 Å². The minimum Gasteiger partial charge on any atom is -0.479 e. The van der Waals surface area contributed by atoms with Crippen LogP contribution < -0.4 is 15.0 Å². The fraction of sp³-hybridized carbons (Fsp3) is 0.417. The van der Waals surface area contributed by atoms with Crippen molar-refractivity contribution in [1.82, 2.24) is 5.32 Å². The van der Waals surface area contributed by atoms with Gasteiger partial charge in [-0.05, 0) is 42.0 Å². The van der Waals surface area contributed by atoms with Crippen LogP contribution in [0.15, 0.2) is 48.5 Å². The molecule has 0 aliphatic carbocycles. The molecule has 2 amide bonds. The van der Waals surface area contributed by atoms with Gasteiger partial charge >= 0.3 is 0 Å². The molecule has 2 aromatic rings. The van der Waals surface area contributed by atoms with Gasteiger partial charge in [-0.2, -0.15) is 0 Å². The Kier molecular flexibility index (Phi) is 6.26. The van der Waals surface area contributed by atoms with E-state index in [9.17, 15) is 9.59 Å². The third kappa shape index (κ3) is 4.61. The fourth-order valence-corrected chi connectivity index (χ4v) is 3.61. The van der Waals surface area contributed by atoms with Gasteiger partial charge in [0.15, 0.2) is 6.10 Å². The van der Waals surface area contributed by atoms with Crippen LogP contribution in [0.3, 0.4) is 0 Å². The second-order valence-electron chi connectivity index (χ2n) is 8.26. The minimum atomic E-state index is -0.609. The summed E-state index contributed by atoms with van der Waals surface area (Å²) in [6, 6.07) is 15.6. The van der Waals surface area contributed by atoms with Crippen LogP contribution in [0.25, 0.3) is 0 Å². The molecular weight excluding hydrogens is 364 g/mol. The molecule has 0 aromatic heterocycles. The first-order valence-electron chi connectivity index (χ1n) is 10.2. The number of benzene rings is 2. The van der Waals surface area contributed by atoms with Crippen molar-refractivity contribution in [3.8, 4) is 5.75 Å². The summed E-state index contributed by atoms with van der Waals surface area (Å²) < 4.78 is 5.65. The van der Waals surface area contributed by atoms with Crippen LogP contribution in [0.5, 0.6) is 5.75 Å². The van der Waals surface area contributed by atoms with Gasteiger partial charge in [0.1, 0.15) is 12.3 Å². The van der Waals surface area contributed by atoms with Crippen molar-refractivity contribution in [3.05, 3.63) is 59.7 Å². The summed E-state index contributed by atoms with van der Waals surface area (Å²) in [5, 5.41) is 3.12. The van der Waals surface area contributed by atoms with E-state index in [0.29, 0.717) is 17.4 Å². The maximum absolute atomic E-state index is 12.9. The van der Waals surface area contributed by atoms with Crippen molar-refractivity contribution in [2.24, 2.45) is 5.92 Å². The third-order valence-corrected chi connectivity index (χ3v) is 5.32. The number of hydrogen-bond donors (Lipinski definition) is 1. The summed E-state index contributed by atoms with van der Waals surface area (Å²) in [7, 11) is 0.